The molecule has 7 atom stereocenters. The van der Waals surface area contributed by atoms with Crippen LogP contribution in [0.25, 0.3) is 0 Å². The van der Waals surface area contributed by atoms with Gasteiger partial charge in [-0.2, -0.15) is 4.31 Å². The van der Waals surface area contributed by atoms with Gasteiger partial charge >= 0.3 is 6.09 Å². The predicted molar refractivity (Wildman–Crippen MR) is 155 cm³/mol. The topological polar surface area (TPSA) is 135 Å². The molecule has 1 amide bonds. The lowest BCUT2D eigenvalue weighted by atomic mass is 10.0. The fraction of sp³-hybridized carbons (Fsp3) is 0.581. The quantitative estimate of drug-likeness (QED) is 0.337. The van der Waals surface area contributed by atoms with E-state index in [1.165, 1.54) is 10.4 Å². The normalized spacial score (nSPS) is 25.5. The molecule has 3 aliphatic rings. The second-order valence-electron chi connectivity index (χ2n) is 11.7. The first-order chi connectivity index (χ1) is 20.2. The fourth-order valence-electron chi connectivity index (χ4n) is 5.99. The van der Waals surface area contributed by atoms with Gasteiger partial charge in [0.25, 0.3) is 0 Å². The van der Waals surface area contributed by atoms with Gasteiger partial charge in [-0.3, -0.25) is 0 Å². The first-order valence-corrected chi connectivity index (χ1v) is 16.3. The van der Waals surface area contributed by atoms with E-state index in [1.807, 2.05) is 44.2 Å². The molecular weight excluding hydrogens is 560 g/mol. The summed E-state index contributed by atoms with van der Waals surface area (Å²) >= 11 is 0. The third-order valence-electron chi connectivity index (χ3n) is 8.71. The Bertz CT molecular complexity index is 1320. The summed E-state index contributed by atoms with van der Waals surface area (Å²) in [5, 5.41) is 24.5. The molecule has 42 heavy (non-hydrogen) atoms. The molecule has 0 radical (unpaired) electrons. The Balaban J connectivity index is 1.35. The number of aliphatic hydroxyl groups is 2. The van der Waals surface area contributed by atoms with E-state index in [-0.39, 0.29) is 49.1 Å². The van der Waals surface area contributed by atoms with Crippen LogP contribution in [0.1, 0.15) is 55.9 Å². The Kier molecular flexibility index (Phi) is 9.86. The van der Waals surface area contributed by atoms with E-state index in [2.05, 4.69) is 5.32 Å². The number of hydrogen-bond acceptors (Lipinski definition) is 8. The number of nitrogens with zero attached hydrogens (tertiary/aromatic N) is 1. The van der Waals surface area contributed by atoms with E-state index in [1.54, 1.807) is 12.1 Å². The molecule has 2 aromatic carbocycles. The maximum absolute atomic E-state index is 14.0. The predicted octanol–water partition coefficient (Wildman–Crippen LogP) is 3.16. The van der Waals surface area contributed by atoms with Gasteiger partial charge in [-0.05, 0) is 60.4 Å². The zero-order valence-corrected chi connectivity index (χ0v) is 25.0. The van der Waals surface area contributed by atoms with Crippen LogP contribution in [0, 0.1) is 11.8 Å². The van der Waals surface area contributed by atoms with E-state index < -0.39 is 40.5 Å². The number of fused-ring (bicyclic) bond motifs is 2. The second kappa shape index (κ2) is 13.4. The average Bonchev–Trinajstić information content (AvgIpc) is 3.70. The van der Waals surface area contributed by atoms with Crippen molar-refractivity contribution in [2.45, 2.75) is 81.5 Å². The molecule has 230 valence electrons. The van der Waals surface area contributed by atoms with Crippen LogP contribution in [-0.2, 0) is 37.1 Å². The van der Waals surface area contributed by atoms with Gasteiger partial charge in [0.2, 0.25) is 10.0 Å². The number of sulfonamides is 1. The molecule has 10 nitrogen and oxygen atoms in total. The highest BCUT2D eigenvalue weighted by Gasteiger charge is 2.44. The van der Waals surface area contributed by atoms with Crippen LogP contribution in [0.5, 0.6) is 0 Å². The molecule has 2 saturated heterocycles. The number of ether oxygens (including phenoxy) is 3. The molecular formula is C31H42N2O8S. The fourth-order valence-corrected chi connectivity index (χ4v) is 7.62. The standard InChI is InChI=1S/C31H42N2O8S/c1-3-20(2)17-33(42(37,38)23-10-11-24-22(16-23)9-12-27(24)34)18-28(35)26(15-21-7-5-4-6-8-21)32-31(36)41-29-19-40-30-25(29)13-14-39-30/h4-8,10-11,16,20,25-30,34-35H,3,9,12-15,17-19H2,1-2H3,(H,32,36)/t20-,25-,26-,27-,28+,29-,30+/m0/s1. The van der Waals surface area contributed by atoms with Gasteiger partial charge in [0.05, 0.1) is 42.3 Å². The van der Waals surface area contributed by atoms with Crippen LogP contribution in [0.2, 0.25) is 0 Å². The minimum atomic E-state index is -3.99. The minimum Gasteiger partial charge on any atom is -0.443 e. The third-order valence-corrected chi connectivity index (χ3v) is 10.5. The maximum atomic E-state index is 14.0. The van der Waals surface area contributed by atoms with Crippen molar-refractivity contribution in [1.82, 2.24) is 9.62 Å². The number of amides is 1. The molecule has 2 aromatic rings. The van der Waals surface area contributed by atoms with Gasteiger partial charge in [-0.1, -0.05) is 56.7 Å². The van der Waals surface area contributed by atoms with Crippen molar-refractivity contribution in [3.63, 3.8) is 0 Å². The number of carbonyl (C=O) groups is 1. The lowest BCUT2D eigenvalue weighted by Gasteiger charge is -2.31. The first kappa shape index (κ1) is 30.9. The summed E-state index contributed by atoms with van der Waals surface area (Å²) in [5.74, 6) is 0.00973. The maximum Gasteiger partial charge on any atom is 0.407 e. The van der Waals surface area contributed by atoms with Crippen molar-refractivity contribution < 1.29 is 37.6 Å². The lowest BCUT2D eigenvalue weighted by molar-refractivity contribution is -0.0907. The Morgan fingerprint density at radius 2 is 1.93 bits per heavy atom. The highest BCUT2D eigenvalue weighted by Crippen LogP contribution is 2.34. The van der Waals surface area contributed by atoms with Crippen molar-refractivity contribution in [2.75, 3.05) is 26.3 Å². The van der Waals surface area contributed by atoms with E-state index >= 15 is 0 Å². The van der Waals surface area contributed by atoms with Gasteiger partial charge in [0.15, 0.2) is 6.29 Å². The molecule has 0 spiro atoms. The molecule has 2 heterocycles. The van der Waals surface area contributed by atoms with E-state index in [9.17, 15) is 23.4 Å². The van der Waals surface area contributed by atoms with E-state index in [0.29, 0.717) is 19.4 Å². The van der Waals surface area contributed by atoms with Crippen molar-refractivity contribution in [1.29, 1.82) is 0 Å². The summed E-state index contributed by atoms with van der Waals surface area (Å²) in [5.41, 5.74) is 2.46. The van der Waals surface area contributed by atoms with Gasteiger partial charge in [0.1, 0.15) is 6.10 Å². The number of carbonyl (C=O) groups excluding carboxylic acids is 1. The highest BCUT2D eigenvalue weighted by molar-refractivity contribution is 7.89. The molecule has 0 aromatic heterocycles. The van der Waals surface area contributed by atoms with Gasteiger partial charge in [-0.15, -0.1) is 0 Å². The number of aryl methyl sites for hydroxylation is 1. The Morgan fingerprint density at radius 3 is 2.69 bits per heavy atom. The number of alkyl carbamates (subject to hydrolysis) is 1. The van der Waals surface area contributed by atoms with Crippen molar-refractivity contribution in [3.8, 4) is 0 Å². The van der Waals surface area contributed by atoms with Gasteiger partial charge < -0.3 is 29.7 Å². The van der Waals surface area contributed by atoms with Crippen LogP contribution < -0.4 is 5.32 Å². The number of aliphatic hydroxyl groups excluding tert-OH is 2. The lowest BCUT2D eigenvalue weighted by Crippen LogP contribution is -2.51. The summed E-state index contributed by atoms with van der Waals surface area (Å²) in [6, 6.07) is 13.4. The molecule has 3 N–H and O–H groups in total. The second-order valence-corrected chi connectivity index (χ2v) is 13.7. The van der Waals surface area contributed by atoms with Crippen molar-refractivity contribution >= 4 is 16.1 Å². The summed E-state index contributed by atoms with van der Waals surface area (Å²) in [6.45, 7) is 4.75. The Hall–Kier alpha value is -2.54. The molecule has 11 heteroatoms. The van der Waals surface area contributed by atoms with Crippen molar-refractivity contribution in [2.24, 2.45) is 11.8 Å². The summed E-state index contributed by atoms with van der Waals surface area (Å²) < 4.78 is 46.0. The van der Waals surface area contributed by atoms with Gasteiger partial charge in [0, 0.05) is 13.1 Å². The molecule has 0 unspecified atom stereocenters. The monoisotopic (exact) mass is 602 g/mol. The summed E-state index contributed by atoms with van der Waals surface area (Å²) in [7, 11) is -3.99. The van der Waals surface area contributed by atoms with Crippen LogP contribution in [0.3, 0.4) is 0 Å². The Morgan fingerprint density at radius 1 is 1.14 bits per heavy atom. The number of nitrogens with one attached hydrogen (secondary N) is 1. The van der Waals surface area contributed by atoms with Crippen LogP contribution in [-0.4, -0.2) is 79.9 Å². The largest absolute Gasteiger partial charge is 0.443 e. The number of benzene rings is 2. The zero-order chi connectivity index (χ0) is 29.9. The number of hydrogen-bond donors (Lipinski definition) is 3. The minimum absolute atomic E-state index is 0.0298. The molecule has 2 fully saturated rings. The number of rotatable bonds is 12. The van der Waals surface area contributed by atoms with Crippen LogP contribution >= 0.6 is 0 Å². The molecule has 0 bridgehead atoms. The first-order valence-electron chi connectivity index (χ1n) is 14.9. The van der Waals surface area contributed by atoms with Gasteiger partial charge in [-0.25, -0.2) is 13.2 Å². The zero-order valence-electron chi connectivity index (χ0n) is 24.2. The smallest absolute Gasteiger partial charge is 0.407 e. The van der Waals surface area contributed by atoms with Crippen molar-refractivity contribution in [3.05, 3.63) is 65.2 Å². The van der Waals surface area contributed by atoms with Crippen LogP contribution in [0.4, 0.5) is 4.79 Å². The van der Waals surface area contributed by atoms with Crippen LogP contribution in [0.15, 0.2) is 53.4 Å². The Labute approximate surface area is 248 Å². The SMILES string of the molecule is CC[C@H](C)CN(C[C@@H](O)[C@H](Cc1ccccc1)NC(=O)O[C@H]1CO[C@H]2OCC[C@H]21)S(=O)(=O)c1ccc2c(c1)CC[C@@H]2O. The summed E-state index contributed by atoms with van der Waals surface area (Å²) in [6.07, 6.45) is -0.363. The third kappa shape index (κ3) is 6.98. The summed E-state index contributed by atoms with van der Waals surface area (Å²) in [4.78, 5) is 13.2. The van der Waals surface area contributed by atoms with E-state index in [4.69, 9.17) is 14.2 Å². The highest BCUT2D eigenvalue weighted by atomic mass is 32.2. The average molecular weight is 603 g/mol. The molecule has 1 aliphatic carbocycles. The van der Waals surface area contributed by atoms with E-state index in [0.717, 1.165) is 29.5 Å². The molecule has 5 rings (SSSR count). The molecule has 2 aliphatic heterocycles. The molecule has 0 saturated carbocycles.